The van der Waals surface area contributed by atoms with Crippen LogP contribution in [-0.4, -0.2) is 11.7 Å². The van der Waals surface area contributed by atoms with E-state index in [1.807, 2.05) is 6.07 Å². The van der Waals surface area contributed by atoms with Gasteiger partial charge in [-0.25, -0.2) is 0 Å². The van der Waals surface area contributed by atoms with E-state index in [0.717, 1.165) is 16.5 Å². The van der Waals surface area contributed by atoms with Gasteiger partial charge in [0, 0.05) is 4.47 Å². The summed E-state index contributed by atoms with van der Waals surface area (Å²) < 4.78 is 1.03. The lowest BCUT2D eigenvalue weighted by Gasteiger charge is -2.12. The highest BCUT2D eigenvalue weighted by molar-refractivity contribution is 9.10. The number of hydrogen-bond donors (Lipinski definition) is 2. The normalized spacial score (nSPS) is 12.8. The van der Waals surface area contributed by atoms with Crippen LogP contribution in [0.1, 0.15) is 24.8 Å². The molecule has 0 amide bonds. The van der Waals surface area contributed by atoms with Crippen LogP contribution in [0.4, 0.5) is 0 Å². The summed E-state index contributed by atoms with van der Waals surface area (Å²) in [4.78, 5) is 0. The number of phenols is 1. The first-order chi connectivity index (χ1) is 6.15. The van der Waals surface area contributed by atoms with Gasteiger partial charge in [-0.15, -0.1) is 0 Å². The van der Waals surface area contributed by atoms with E-state index in [1.54, 1.807) is 12.1 Å². The van der Waals surface area contributed by atoms with E-state index in [4.69, 9.17) is 5.73 Å². The van der Waals surface area contributed by atoms with E-state index in [2.05, 4.69) is 22.9 Å². The molecule has 0 aromatic heterocycles. The van der Waals surface area contributed by atoms with Gasteiger partial charge in [-0.2, -0.15) is 0 Å². The monoisotopic (exact) mass is 243 g/mol. The van der Waals surface area contributed by atoms with Gasteiger partial charge in [-0.3, -0.25) is 0 Å². The third kappa shape index (κ3) is 2.71. The molecule has 0 fully saturated rings. The van der Waals surface area contributed by atoms with Crippen LogP contribution in [0.2, 0.25) is 0 Å². The molecule has 1 rings (SSSR count). The first kappa shape index (κ1) is 10.5. The van der Waals surface area contributed by atoms with Crippen molar-refractivity contribution in [3.05, 3.63) is 28.2 Å². The fraction of sp³-hybridized carbons (Fsp3) is 0.400. The van der Waals surface area contributed by atoms with E-state index >= 15 is 0 Å². The molecule has 0 heterocycles. The summed E-state index contributed by atoms with van der Waals surface area (Å²) >= 11 is 3.45. The maximum absolute atomic E-state index is 9.30. The summed E-state index contributed by atoms with van der Waals surface area (Å²) in [5.74, 6) is 0.688. The summed E-state index contributed by atoms with van der Waals surface area (Å²) in [5.41, 5.74) is 6.59. The molecule has 13 heavy (non-hydrogen) atoms. The van der Waals surface area contributed by atoms with Crippen LogP contribution in [-0.2, 0) is 0 Å². The average Bonchev–Trinajstić information content (AvgIpc) is 2.09. The Morgan fingerprint density at radius 3 is 2.85 bits per heavy atom. The second-order valence-corrected chi connectivity index (χ2v) is 4.04. The Bertz CT molecular complexity index is 288. The van der Waals surface area contributed by atoms with Gasteiger partial charge >= 0.3 is 0 Å². The second-order valence-electron chi connectivity index (χ2n) is 3.18. The summed E-state index contributed by atoms with van der Waals surface area (Å²) in [6.07, 6.45) is 0.933. The molecule has 0 radical (unpaired) electrons. The first-order valence-electron chi connectivity index (χ1n) is 4.33. The fourth-order valence-corrected chi connectivity index (χ4v) is 1.95. The number of phenolic OH excluding ortho intramolecular Hbond substituents is 1. The smallest absolute Gasteiger partial charge is 0.115 e. The van der Waals surface area contributed by atoms with Crippen molar-refractivity contribution in [1.29, 1.82) is 0 Å². The molecule has 3 heteroatoms. The highest BCUT2D eigenvalue weighted by atomic mass is 79.9. The van der Waals surface area contributed by atoms with Crippen LogP contribution in [0.25, 0.3) is 0 Å². The van der Waals surface area contributed by atoms with E-state index in [9.17, 15) is 5.11 Å². The van der Waals surface area contributed by atoms with Gasteiger partial charge in [0.25, 0.3) is 0 Å². The molecular formula is C10H14BrNO. The molecule has 0 aliphatic rings. The highest BCUT2D eigenvalue weighted by Gasteiger charge is 2.08. The predicted octanol–water partition coefficient (Wildman–Crippen LogP) is 2.61. The van der Waals surface area contributed by atoms with Gasteiger partial charge in [-0.1, -0.05) is 22.9 Å². The van der Waals surface area contributed by atoms with Gasteiger partial charge in [0.2, 0.25) is 0 Å². The lowest BCUT2D eigenvalue weighted by molar-refractivity contribution is 0.473. The fourth-order valence-electron chi connectivity index (χ4n) is 1.31. The molecule has 1 atom stereocenters. The largest absolute Gasteiger partial charge is 0.508 e. The van der Waals surface area contributed by atoms with Crippen molar-refractivity contribution in [3.63, 3.8) is 0 Å². The zero-order valence-electron chi connectivity index (χ0n) is 7.63. The molecule has 1 aromatic rings. The van der Waals surface area contributed by atoms with E-state index in [0.29, 0.717) is 18.2 Å². The van der Waals surface area contributed by atoms with Gasteiger partial charge in [0.05, 0.1) is 0 Å². The Balaban J connectivity index is 2.91. The van der Waals surface area contributed by atoms with Gasteiger partial charge in [-0.05, 0) is 42.6 Å². The van der Waals surface area contributed by atoms with Crippen LogP contribution in [0, 0.1) is 0 Å². The minimum Gasteiger partial charge on any atom is -0.508 e. The summed E-state index contributed by atoms with van der Waals surface area (Å²) in [5, 5.41) is 9.30. The van der Waals surface area contributed by atoms with Crippen molar-refractivity contribution >= 4 is 15.9 Å². The highest BCUT2D eigenvalue weighted by Crippen LogP contribution is 2.29. The van der Waals surface area contributed by atoms with Crippen molar-refractivity contribution < 1.29 is 5.11 Å². The number of benzene rings is 1. The van der Waals surface area contributed by atoms with Crippen LogP contribution >= 0.6 is 15.9 Å². The minimum absolute atomic E-state index is 0.307. The van der Waals surface area contributed by atoms with Crippen molar-refractivity contribution in [3.8, 4) is 5.75 Å². The maximum atomic E-state index is 9.30. The molecule has 3 N–H and O–H groups in total. The van der Waals surface area contributed by atoms with Crippen molar-refractivity contribution in [2.75, 3.05) is 6.54 Å². The van der Waals surface area contributed by atoms with Gasteiger partial charge in [0.1, 0.15) is 5.75 Å². The topological polar surface area (TPSA) is 46.2 Å². The van der Waals surface area contributed by atoms with Crippen molar-refractivity contribution in [2.45, 2.75) is 19.3 Å². The maximum Gasteiger partial charge on any atom is 0.115 e. The zero-order chi connectivity index (χ0) is 9.84. The minimum atomic E-state index is 0.307. The first-order valence-corrected chi connectivity index (χ1v) is 5.13. The average molecular weight is 244 g/mol. The van der Waals surface area contributed by atoms with Gasteiger partial charge < -0.3 is 10.8 Å². The predicted molar refractivity (Wildman–Crippen MR) is 57.9 cm³/mol. The Labute approximate surface area is 86.9 Å². The molecule has 0 spiro atoms. The van der Waals surface area contributed by atoms with Crippen LogP contribution in [0.5, 0.6) is 5.75 Å². The molecule has 1 aromatic carbocycles. The molecule has 0 saturated heterocycles. The third-order valence-corrected chi connectivity index (χ3v) is 2.83. The molecule has 0 aliphatic heterocycles. The summed E-state index contributed by atoms with van der Waals surface area (Å²) in [7, 11) is 0. The van der Waals surface area contributed by atoms with E-state index in [1.165, 1.54) is 0 Å². The Hall–Kier alpha value is -0.540. The molecule has 72 valence electrons. The quantitative estimate of drug-likeness (QED) is 0.858. The number of rotatable bonds is 3. The Kier molecular flexibility index (Phi) is 3.75. The van der Waals surface area contributed by atoms with Crippen LogP contribution in [0.3, 0.4) is 0 Å². The number of aromatic hydroxyl groups is 1. The van der Waals surface area contributed by atoms with Crippen LogP contribution in [0.15, 0.2) is 22.7 Å². The molecular weight excluding hydrogens is 230 g/mol. The number of hydrogen-bond acceptors (Lipinski definition) is 2. The van der Waals surface area contributed by atoms with E-state index in [-0.39, 0.29) is 0 Å². The van der Waals surface area contributed by atoms with Crippen LogP contribution < -0.4 is 5.73 Å². The Morgan fingerprint density at radius 1 is 1.54 bits per heavy atom. The molecule has 1 unspecified atom stereocenters. The summed E-state index contributed by atoms with van der Waals surface area (Å²) in [6, 6.07) is 5.31. The van der Waals surface area contributed by atoms with Crippen molar-refractivity contribution in [1.82, 2.24) is 0 Å². The second kappa shape index (κ2) is 4.63. The molecule has 0 saturated carbocycles. The summed E-state index contributed by atoms with van der Waals surface area (Å²) in [6.45, 7) is 2.77. The third-order valence-electron chi connectivity index (χ3n) is 2.11. The zero-order valence-corrected chi connectivity index (χ0v) is 9.21. The van der Waals surface area contributed by atoms with Crippen molar-refractivity contribution in [2.24, 2.45) is 5.73 Å². The number of nitrogens with two attached hydrogens (primary N) is 1. The SMILES string of the molecule is CC(CCN)c1cc(O)ccc1Br. The molecule has 0 aliphatic carbocycles. The molecule has 0 bridgehead atoms. The standard InChI is InChI=1S/C10H14BrNO/c1-7(4-5-12)9-6-8(13)2-3-10(9)11/h2-3,6-7,13H,4-5,12H2,1H3. The van der Waals surface area contributed by atoms with E-state index < -0.39 is 0 Å². The van der Waals surface area contributed by atoms with Gasteiger partial charge in [0.15, 0.2) is 0 Å². The molecule has 2 nitrogen and oxygen atoms in total. The lowest BCUT2D eigenvalue weighted by Crippen LogP contribution is -2.04. The Morgan fingerprint density at radius 2 is 2.23 bits per heavy atom. The lowest BCUT2D eigenvalue weighted by atomic mass is 9.98. The number of halogens is 1.